The molecule has 1 aromatic carbocycles. The molecule has 1 unspecified atom stereocenters. The van der Waals surface area contributed by atoms with Crippen LogP contribution in [-0.2, 0) is 10.0 Å². The zero-order valence-electron chi connectivity index (χ0n) is 10.2. The number of hydrogen-bond acceptors (Lipinski definition) is 3. The smallest absolute Gasteiger partial charge is 0.208 e. The van der Waals surface area contributed by atoms with Crippen molar-refractivity contribution in [1.82, 2.24) is 10.0 Å². The van der Waals surface area contributed by atoms with Gasteiger partial charge in [-0.15, -0.1) is 0 Å². The SMILES string of the molecule is CC(NCCNS(C)(=O)=O)c1ccc(Cl)c(F)c1. The van der Waals surface area contributed by atoms with E-state index in [0.29, 0.717) is 13.1 Å². The van der Waals surface area contributed by atoms with Gasteiger partial charge in [0.15, 0.2) is 0 Å². The molecule has 0 radical (unpaired) electrons. The topological polar surface area (TPSA) is 58.2 Å². The molecule has 102 valence electrons. The molecule has 0 fully saturated rings. The lowest BCUT2D eigenvalue weighted by atomic mass is 10.1. The third-order valence-corrected chi connectivity index (χ3v) is 3.42. The second-order valence-corrected chi connectivity index (χ2v) is 6.26. The predicted molar refractivity (Wildman–Crippen MR) is 70.7 cm³/mol. The van der Waals surface area contributed by atoms with Crippen molar-refractivity contribution in [2.24, 2.45) is 0 Å². The van der Waals surface area contributed by atoms with Crippen molar-refractivity contribution in [2.75, 3.05) is 19.3 Å². The van der Waals surface area contributed by atoms with Gasteiger partial charge in [0.05, 0.1) is 11.3 Å². The standard InChI is InChI=1S/C11H16ClFN2O2S/c1-8(14-5-6-15-18(2,16)17)9-3-4-10(12)11(13)7-9/h3-4,7-8,14-15H,5-6H2,1-2H3. The van der Waals surface area contributed by atoms with E-state index in [4.69, 9.17) is 11.6 Å². The molecule has 0 bridgehead atoms. The maximum absolute atomic E-state index is 13.2. The molecule has 0 aliphatic heterocycles. The number of halogens is 2. The molecule has 0 amide bonds. The van der Waals surface area contributed by atoms with Gasteiger partial charge in [-0.05, 0) is 24.6 Å². The van der Waals surface area contributed by atoms with E-state index in [9.17, 15) is 12.8 Å². The normalized spacial score (nSPS) is 13.6. The molecule has 0 aromatic heterocycles. The van der Waals surface area contributed by atoms with Crippen LogP contribution in [-0.4, -0.2) is 27.8 Å². The van der Waals surface area contributed by atoms with Crippen LogP contribution in [0.1, 0.15) is 18.5 Å². The molecule has 0 aliphatic rings. The van der Waals surface area contributed by atoms with Gasteiger partial charge >= 0.3 is 0 Å². The fraction of sp³-hybridized carbons (Fsp3) is 0.455. The highest BCUT2D eigenvalue weighted by molar-refractivity contribution is 7.88. The van der Waals surface area contributed by atoms with E-state index in [2.05, 4.69) is 10.0 Å². The summed E-state index contributed by atoms with van der Waals surface area (Å²) in [5.74, 6) is -0.461. The summed E-state index contributed by atoms with van der Waals surface area (Å²) < 4.78 is 37.2. The Hall–Kier alpha value is -0.690. The quantitative estimate of drug-likeness (QED) is 0.785. The Morgan fingerprint density at radius 3 is 2.61 bits per heavy atom. The van der Waals surface area contributed by atoms with Gasteiger partial charge in [-0.3, -0.25) is 0 Å². The number of sulfonamides is 1. The average molecular weight is 295 g/mol. The van der Waals surface area contributed by atoms with Gasteiger partial charge in [0.2, 0.25) is 10.0 Å². The van der Waals surface area contributed by atoms with Crippen LogP contribution in [0.15, 0.2) is 18.2 Å². The zero-order chi connectivity index (χ0) is 13.8. The van der Waals surface area contributed by atoms with Crippen molar-refractivity contribution in [1.29, 1.82) is 0 Å². The summed E-state index contributed by atoms with van der Waals surface area (Å²) in [4.78, 5) is 0. The number of hydrogen-bond donors (Lipinski definition) is 2. The van der Waals surface area contributed by atoms with Gasteiger partial charge in [0.25, 0.3) is 0 Å². The number of benzene rings is 1. The first-order chi connectivity index (χ1) is 8.29. The van der Waals surface area contributed by atoms with E-state index in [1.54, 1.807) is 6.07 Å². The van der Waals surface area contributed by atoms with Crippen LogP contribution in [0.3, 0.4) is 0 Å². The van der Waals surface area contributed by atoms with Crippen LogP contribution in [0.25, 0.3) is 0 Å². The predicted octanol–water partition coefficient (Wildman–Crippen LogP) is 1.68. The average Bonchev–Trinajstić information content (AvgIpc) is 2.26. The largest absolute Gasteiger partial charge is 0.309 e. The summed E-state index contributed by atoms with van der Waals surface area (Å²) in [7, 11) is -3.17. The fourth-order valence-electron chi connectivity index (χ4n) is 1.42. The first-order valence-electron chi connectivity index (χ1n) is 5.42. The van der Waals surface area contributed by atoms with E-state index in [1.807, 2.05) is 6.92 Å². The molecule has 4 nitrogen and oxygen atoms in total. The Labute approximate surface area is 112 Å². The molecular weight excluding hydrogens is 279 g/mol. The first kappa shape index (κ1) is 15.4. The van der Waals surface area contributed by atoms with Crippen LogP contribution < -0.4 is 10.0 Å². The molecule has 18 heavy (non-hydrogen) atoms. The molecule has 1 atom stereocenters. The third-order valence-electron chi connectivity index (χ3n) is 2.38. The van der Waals surface area contributed by atoms with Crippen LogP contribution in [0.5, 0.6) is 0 Å². The molecule has 0 aliphatic carbocycles. The van der Waals surface area contributed by atoms with E-state index in [0.717, 1.165) is 11.8 Å². The Bertz CT molecular complexity index is 508. The molecule has 2 N–H and O–H groups in total. The lowest BCUT2D eigenvalue weighted by Crippen LogP contribution is -2.32. The van der Waals surface area contributed by atoms with E-state index in [1.165, 1.54) is 12.1 Å². The molecular formula is C11H16ClFN2O2S. The van der Waals surface area contributed by atoms with Gasteiger partial charge in [0, 0.05) is 19.1 Å². The Balaban J connectivity index is 2.45. The zero-order valence-corrected chi connectivity index (χ0v) is 11.8. The molecule has 1 rings (SSSR count). The van der Waals surface area contributed by atoms with Gasteiger partial charge in [-0.25, -0.2) is 17.5 Å². The van der Waals surface area contributed by atoms with E-state index >= 15 is 0 Å². The third kappa shape index (κ3) is 5.30. The van der Waals surface area contributed by atoms with Crippen LogP contribution in [0, 0.1) is 5.82 Å². The van der Waals surface area contributed by atoms with Gasteiger partial charge < -0.3 is 5.32 Å². The Morgan fingerprint density at radius 2 is 2.06 bits per heavy atom. The number of rotatable bonds is 6. The minimum atomic E-state index is -3.17. The maximum atomic E-state index is 13.2. The minimum absolute atomic E-state index is 0.0851. The van der Waals surface area contributed by atoms with Crippen molar-refractivity contribution >= 4 is 21.6 Å². The van der Waals surface area contributed by atoms with Gasteiger partial charge in [-0.2, -0.15) is 0 Å². The lowest BCUT2D eigenvalue weighted by molar-refractivity contribution is 0.552. The highest BCUT2D eigenvalue weighted by atomic mass is 35.5. The number of nitrogens with one attached hydrogen (secondary N) is 2. The highest BCUT2D eigenvalue weighted by Crippen LogP contribution is 2.19. The first-order valence-corrected chi connectivity index (χ1v) is 7.69. The molecule has 0 saturated carbocycles. The minimum Gasteiger partial charge on any atom is -0.309 e. The van der Waals surface area contributed by atoms with Gasteiger partial charge in [-0.1, -0.05) is 17.7 Å². The van der Waals surface area contributed by atoms with Gasteiger partial charge in [0.1, 0.15) is 5.82 Å². The van der Waals surface area contributed by atoms with Crippen LogP contribution in [0.2, 0.25) is 5.02 Å². The highest BCUT2D eigenvalue weighted by Gasteiger charge is 2.08. The lowest BCUT2D eigenvalue weighted by Gasteiger charge is -2.14. The van der Waals surface area contributed by atoms with E-state index in [-0.39, 0.29) is 11.1 Å². The van der Waals surface area contributed by atoms with Crippen molar-refractivity contribution in [2.45, 2.75) is 13.0 Å². The van der Waals surface area contributed by atoms with E-state index < -0.39 is 15.8 Å². The molecule has 7 heteroatoms. The van der Waals surface area contributed by atoms with Crippen molar-refractivity contribution < 1.29 is 12.8 Å². The summed E-state index contributed by atoms with van der Waals surface area (Å²) in [6.07, 6.45) is 1.10. The Kier molecular flexibility index (Phi) is 5.52. The summed E-state index contributed by atoms with van der Waals surface area (Å²) in [6.45, 7) is 2.61. The molecule has 1 aromatic rings. The molecule has 0 spiro atoms. The second kappa shape index (κ2) is 6.47. The summed E-state index contributed by atoms with van der Waals surface area (Å²) >= 11 is 5.59. The van der Waals surface area contributed by atoms with Crippen molar-refractivity contribution in [3.8, 4) is 0 Å². The van der Waals surface area contributed by atoms with Crippen LogP contribution >= 0.6 is 11.6 Å². The summed E-state index contributed by atoms with van der Waals surface area (Å²) in [5, 5.41) is 3.17. The second-order valence-electron chi connectivity index (χ2n) is 4.02. The molecule has 0 saturated heterocycles. The summed E-state index contributed by atoms with van der Waals surface area (Å²) in [5.41, 5.74) is 0.760. The summed E-state index contributed by atoms with van der Waals surface area (Å²) in [6, 6.07) is 4.51. The van der Waals surface area contributed by atoms with Crippen LogP contribution in [0.4, 0.5) is 4.39 Å². The fourth-order valence-corrected chi connectivity index (χ4v) is 2.02. The monoisotopic (exact) mass is 294 g/mol. The van der Waals surface area contributed by atoms with Crippen molar-refractivity contribution in [3.05, 3.63) is 34.6 Å². The Morgan fingerprint density at radius 1 is 1.39 bits per heavy atom. The molecule has 0 heterocycles. The van der Waals surface area contributed by atoms with Crippen molar-refractivity contribution in [3.63, 3.8) is 0 Å². The maximum Gasteiger partial charge on any atom is 0.208 e.